The van der Waals surface area contributed by atoms with Crippen molar-refractivity contribution in [1.82, 2.24) is 14.6 Å². The quantitative estimate of drug-likeness (QED) is 0.735. The van der Waals surface area contributed by atoms with E-state index in [2.05, 4.69) is 15.4 Å². The molecule has 0 saturated carbocycles. The second-order valence-electron chi connectivity index (χ2n) is 4.84. The number of nitrogens with one attached hydrogen (secondary N) is 1. The first-order chi connectivity index (χ1) is 11.6. The molecule has 7 nitrogen and oxygen atoms in total. The smallest absolute Gasteiger partial charge is 0.338 e. The molecule has 1 amide bonds. The molecule has 1 aromatic carbocycles. The molecule has 0 spiro atoms. The maximum Gasteiger partial charge on any atom is 0.338 e. The summed E-state index contributed by atoms with van der Waals surface area (Å²) in [6.07, 6.45) is 1.48. The van der Waals surface area contributed by atoms with Crippen molar-refractivity contribution in [2.75, 3.05) is 11.9 Å². The molecule has 8 heteroatoms. The third-order valence-corrected chi connectivity index (χ3v) is 3.35. The predicted molar refractivity (Wildman–Crippen MR) is 88.3 cm³/mol. The Bertz CT molecular complexity index is 923. The largest absolute Gasteiger partial charge is 0.462 e. The third kappa shape index (κ3) is 3.36. The molecule has 0 radical (unpaired) electrons. The van der Waals surface area contributed by atoms with Gasteiger partial charge in [-0.15, -0.1) is 0 Å². The molecule has 122 valence electrons. The summed E-state index contributed by atoms with van der Waals surface area (Å²) in [6, 6.07) is 9.74. The highest BCUT2D eigenvalue weighted by Gasteiger charge is 2.13. The van der Waals surface area contributed by atoms with E-state index in [1.54, 1.807) is 43.3 Å². The lowest BCUT2D eigenvalue weighted by Crippen LogP contribution is -2.13. The molecule has 24 heavy (non-hydrogen) atoms. The van der Waals surface area contributed by atoms with Crippen molar-refractivity contribution in [3.8, 4) is 0 Å². The first-order valence-corrected chi connectivity index (χ1v) is 7.55. The van der Waals surface area contributed by atoms with Crippen molar-refractivity contribution in [1.29, 1.82) is 0 Å². The van der Waals surface area contributed by atoms with Crippen LogP contribution in [0.3, 0.4) is 0 Å². The van der Waals surface area contributed by atoms with E-state index in [9.17, 15) is 9.59 Å². The standard InChI is InChI=1S/C16H13ClN4O3/c1-2-24-16(23)10-4-3-5-11(8-10)18-15(22)12-9-21-14(19-12)7-6-13(17)20-21/h3-9H,2H2,1H3,(H,18,22). The molecule has 0 bridgehead atoms. The van der Waals surface area contributed by atoms with Crippen molar-refractivity contribution in [3.63, 3.8) is 0 Å². The van der Waals surface area contributed by atoms with Gasteiger partial charge in [0.25, 0.3) is 5.91 Å². The van der Waals surface area contributed by atoms with Gasteiger partial charge in [-0.25, -0.2) is 14.3 Å². The molecule has 1 N–H and O–H groups in total. The van der Waals surface area contributed by atoms with Crippen LogP contribution in [-0.4, -0.2) is 33.1 Å². The van der Waals surface area contributed by atoms with Gasteiger partial charge in [-0.2, -0.15) is 5.10 Å². The molecule has 2 aromatic heterocycles. The Morgan fingerprint density at radius 2 is 2.12 bits per heavy atom. The van der Waals surface area contributed by atoms with Crippen molar-refractivity contribution in [3.05, 3.63) is 59.0 Å². The highest BCUT2D eigenvalue weighted by molar-refractivity contribution is 6.29. The van der Waals surface area contributed by atoms with Crippen LogP contribution < -0.4 is 5.32 Å². The summed E-state index contributed by atoms with van der Waals surface area (Å²) in [4.78, 5) is 28.2. The van der Waals surface area contributed by atoms with E-state index >= 15 is 0 Å². The minimum absolute atomic E-state index is 0.186. The molecule has 0 atom stereocenters. The van der Waals surface area contributed by atoms with Gasteiger partial charge in [0.15, 0.2) is 5.65 Å². The Morgan fingerprint density at radius 3 is 2.92 bits per heavy atom. The number of aromatic nitrogens is 3. The molecule has 0 fully saturated rings. The van der Waals surface area contributed by atoms with Gasteiger partial charge in [-0.1, -0.05) is 17.7 Å². The number of nitrogens with zero attached hydrogens (tertiary/aromatic N) is 3. The van der Waals surface area contributed by atoms with Gasteiger partial charge < -0.3 is 10.1 Å². The van der Waals surface area contributed by atoms with Gasteiger partial charge in [0.2, 0.25) is 0 Å². The Morgan fingerprint density at radius 1 is 1.29 bits per heavy atom. The van der Waals surface area contributed by atoms with E-state index in [1.807, 2.05) is 0 Å². The van der Waals surface area contributed by atoms with Crippen molar-refractivity contribution in [2.45, 2.75) is 6.92 Å². The zero-order chi connectivity index (χ0) is 17.1. The number of halogens is 1. The average Bonchev–Trinajstić information content (AvgIpc) is 2.98. The fourth-order valence-corrected chi connectivity index (χ4v) is 2.25. The first-order valence-electron chi connectivity index (χ1n) is 7.17. The zero-order valence-electron chi connectivity index (χ0n) is 12.7. The van der Waals surface area contributed by atoms with Gasteiger partial charge in [-0.3, -0.25) is 4.79 Å². The normalized spacial score (nSPS) is 10.6. The second-order valence-corrected chi connectivity index (χ2v) is 5.23. The number of hydrogen-bond donors (Lipinski definition) is 1. The number of benzene rings is 1. The predicted octanol–water partition coefficient (Wildman–Crippen LogP) is 2.81. The van der Waals surface area contributed by atoms with E-state index < -0.39 is 11.9 Å². The molecule has 0 aliphatic carbocycles. The number of ether oxygens (including phenoxy) is 1. The van der Waals surface area contributed by atoms with Crippen molar-refractivity contribution < 1.29 is 14.3 Å². The number of rotatable bonds is 4. The summed E-state index contributed by atoms with van der Waals surface area (Å²) >= 11 is 5.81. The molecule has 0 aliphatic rings. The summed E-state index contributed by atoms with van der Waals surface area (Å²) in [5.41, 5.74) is 1.52. The average molecular weight is 345 g/mol. The fraction of sp³-hybridized carbons (Fsp3) is 0.125. The fourth-order valence-electron chi connectivity index (χ4n) is 2.10. The molecular formula is C16H13ClN4O3. The molecule has 0 saturated heterocycles. The molecule has 0 unspecified atom stereocenters. The van der Waals surface area contributed by atoms with Gasteiger partial charge in [0.1, 0.15) is 10.8 Å². The topological polar surface area (TPSA) is 85.6 Å². The van der Waals surface area contributed by atoms with E-state index in [-0.39, 0.29) is 12.3 Å². The molecule has 2 heterocycles. The van der Waals surface area contributed by atoms with Crippen LogP contribution in [0.25, 0.3) is 5.65 Å². The Labute approximate surface area is 142 Å². The first kappa shape index (κ1) is 15.9. The number of esters is 1. The van der Waals surface area contributed by atoms with Gasteiger partial charge in [-0.05, 0) is 37.3 Å². The van der Waals surface area contributed by atoms with Crippen LogP contribution in [-0.2, 0) is 4.74 Å². The summed E-state index contributed by atoms with van der Waals surface area (Å²) in [5, 5.41) is 7.01. The lowest BCUT2D eigenvalue weighted by atomic mass is 10.2. The highest BCUT2D eigenvalue weighted by atomic mass is 35.5. The summed E-state index contributed by atoms with van der Waals surface area (Å²) in [7, 11) is 0. The van der Waals surface area contributed by atoms with Crippen LogP contribution in [0.1, 0.15) is 27.8 Å². The maximum absolute atomic E-state index is 12.3. The lowest BCUT2D eigenvalue weighted by molar-refractivity contribution is 0.0526. The van der Waals surface area contributed by atoms with Crippen LogP contribution in [0, 0.1) is 0 Å². The summed E-state index contributed by atoms with van der Waals surface area (Å²) < 4.78 is 6.36. The second kappa shape index (κ2) is 6.67. The minimum Gasteiger partial charge on any atom is -0.462 e. The lowest BCUT2D eigenvalue weighted by Gasteiger charge is -2.06. The Hall–Kier alpha value is -2.93. The number of anilines is 1. The number of carbonyl (C=O) groups excluding carboxylic acids is 2. The van der Waals surface area contributed by atoms with Crippen molar-refractivity contribution >= 4 is 34.8 Å². The number of hydrogen-bond acceptors (Lipinski definition) is 5. The third-order valence-electron chi connectivity index (χ3n) is 3.15. The Kier molecular flexibility index (Phi) is 4.43. The SMILES string of the molecule is CCOC(=O)c1cccc(NC(=O)c2cn3nc(Cl)ccc3n2)c1. The maximum atomic E-state index is 12.3. The minimum atomic E-state index is -0.444. The van der Waals surface area contributed by atoms with Crippen LogP contribution in [0.5, 0.6) is 0 Å². The molecule has 3 aromatic rings. The van der Waals surface area contributed by atoms with E-state index in [0.29, 0.717) is 22.1 Å². The van der Waals surface area contributed by atoms with Crippen LogP contribution in [0.15, 0.2) is 42.6 Å². The molecular weight excluding hydrogens is 332 g/mol. The zero-order valence-corrected chi connectivity index (χ0v) is 13.4. The van der Waals surface area contributed by atoms with E-state index in [1.165, 1.54) is 10.7 Å². The number of amides is 1. The van der Waals surface area contributed by atoms with E-state index in [0.717, 1.165) is 0 Å². The summed E-state index contributed by atoms with van der Waals surface area (Å²) in [5.74, 6) is -0.863. The molecule has 0 aliphatic heterocycles. The van der Waals surface area contributed by atoms with Gasteiger partial charge in [0, 0.05) is 5.69 Å². The highest BCUT2D eigenvalue weighted by Crippen LogP contribution is 2.14. The monoisotopic (exact) mass is 344 g/mol. The number of carbonyl (C=O) groups is 2. The molecule has 3 rings (SSSR count). The van der Waals surface area contributed by atoms with Crippen LogP contribution >= 0.6 is 11.6 Å². The van der Waals surface area contributed by atoms with Crippen LogP contribution in [0.4, 0.5) is 5.69 Å². The van der Waals surface area contributed by atoms with Crippen LogP contribution in [0.2, 0.25) is 5.15 Å². The number of fused-ring (bicyclic) bond motifs is 1. The number of imidazole rings is 1. The summed E-state index contributed by atoms with van der Waals surface area (Å²) in [6.45, 7) is 2.01. The van der Waals surface area contributed by atoms with Gasteiger partial charge >= 0.3 is 5.97 Å². The Balaban J connectivity index is 1.80. The van der Waals surface area contributed by atoms with Crippen molar-refractivity contribution in [2.24, 2.45) is 0 Å². The van der Waals surface area contributed by atoms with Gasteiger partial charge in [0.05, 0.1) is 18.4 Å². The van der Waals surface area contributed by atoms with E-state index in [4.69, 9.17) is 16.3 Å².